The fraction of sp³-hybridized carbons (Fsp3) is 0.667. The molecule has 27 heavy (non-hydrogen) atoms. The monoisotopic (exact) mass is 367 g/mol. The summed E-state index contributed by atoms with van der Waals surface area (Å²) in [6.07, 6.45) is 11.4. The average Bonchev–Trinajstić information content (AvgIpc) is 3.29. The Morgan fingerprint density at radius 3 is 2.78 bits per heavy atom. The third-order valence-electron chi connectivity index (χ3n) is 6.51. The van der Waals surface area contributed by atoms with E-state index in [1.807, 2.05) is 6.07 Å². The van der Waals surface area contributed by atoms with Crippen LogP contribution in [0.15, 0.2) is 17.1 Å². The van der Waals surface area contributed by atoms with E-state index < -0.39 is 0 Å². The molecule has 2 aromatic rings. The second-order valence-electron chi connectivity index (χ2n) is 8.51. The zero-order chi connectivity index (χ0) is 18.2. The Hall–Kier alpha value is -1.95. The van der Waals surface area contributed by atoms with Crippen molar-refractivity contribution < 1.29 is 0 Å². The van der Waals surface area contributed by atoms with Crippen molar-refractivity contribution in [3.05, 3.63) is 45.4 Å². The topological polar surface area (TPSA) is 56.0 Å². The van der Waals surface area contributed by atoms with Gasteiger partial charge in [0.05, 0.1) is 11.4 Å². The lowest BCUT2D eigenvalue weighted by Gasteiger charge is -2.31. The second kappa shape index (κ2) is 7.23. The van der Waals surface area contributed by atoms with Crippen LogP contribution in [-0.2, 0) is 38.9 Å². The van der Waals surface area contributed by atoms with Gasteiger partial charge in [0.1, 0.15) is 5.82 Å². The number of rotatable bonds is 4. The summed E-state index contributed by atoms with van der Waals surface area (Å²) < 4.78 is 4.07. The Labute approximate surface area is 160 Å². The van der Waals surface area contributed by atoms with Crippen LogP contribution < -0.4 is 5.56 Å². The molecule has 1 aliphatic carbocycles. The first-order valence-electron chi connectivity index (χ1n) is 10.6. The molecular formula is C21H29N5O. The summed E-state index contributed by atoms with van der Waals surface area (Å²) in [6, 6.07) is 1.82. The summed E-state index contributed by atoms with van der Waals surface area (Å²) in [5, 5.41) is 4.65. The Bertz CT molecular complexity index is 852. The van der Waals surface area contributed by atoms with Crippen LogP contribution in [0.2, 0.25) is 0 Å². The van der Waals surface area contributed by atoms with E-state index in [0.717, 1.165) is 76.9 Å². The van der Waals surface area contributed by atoms with E-state index in [-0.39, 0.29) is 5.56 Å². The number of imidazole rings is 1. The van der Waals surface area contributed by atoms with Crippen LogP contribution in [0.4, 0.5) is 0 Å². The molecule has 0 atom stereocenters. The van der Waals surface area contributed by atoms with Gasteiger partial charge in [-0.25, -0.2) is 9.67 Å². The highest BCUT2D eigenvalue weighted by molar-refractivity contribution is 5.22. The van der Waals surface area contributed by atoms with Gasteiger partial charge in [-0.05, 0) is 69.5 Å². The predicted octanol–water partition coefficient (Wildman–Crippen LogP) is 2.18. The number of nitrogens with zero attached hydrogens (tertiary/aromatic N) is 5. The standard InChI is InChI=1S/C21H29N5O/c27-21-12-17-4-3-5-19(17)23-26(21)13-16-7-10-24(11-8-16)14-18-15-25-9-2-1-6-20(25)22-18/h12,15-16H,1-11,13-14H2. The molecule has 5 rings (SSSR count). The minimum Gasteiger partial charge on any atom is -0.335 e. The van der Waals surface area contributed by atoms with E-state index in [4.69, 9.17) is 4.98 Å². The molecule has 6 nitrogen and oxygen atoms in total. The minimum absolute atomic E-state index is 0.0849. The zero-order valence-corrected chi connectivity index (χ0v) is 16.1. The first kappa shape index (κ1) is 17.2. The number of aromatic nitrogens is 4. The fourth-order valence-electron chi connectivity index (χ4n) is 4.92. The van der Waals surface area contributed by atoms with Gasteiger partial charge in [-0.3, -0.25) is 9.69 Å². The lowest BCUT2D eigenvalue weighted by atomic mass is 9.96. The molecule has 0 spiro atoms. The Morgan fingerprint density at radius 2 is 1.93 bits per heavy atom. The van der Waals surface area contributed by atoms with E-state index >= 15 is 0 Å². The SMILES string of the molecule is O=c1cc2c(nn1CC1CCN(Cc3cn4c(n3)CCCC4)CC1)CCC2. The molecule has 0 bridgehead atoms. The fourth-order valence-corrected chi connectivity index (χ4v) is 4.92. The number of aryl methyl sites for hydroxylation is 4. The largest absolute Gasteiger partial charge is 0.335 e. The number of hydrogen-bond acceptors (Lipinski definition) is 4. The summed E-state index contributed by atoms with van der Waals surface area (Å²) in [5.41, 5.74) is 3.63. The number of likely N-dealkylation sites (tertiary alicyclic amines) is 1. The minimum atomic E-state index is 0.0849. The normalized spacial score (nSPS) is 20.6. The van der Waals surface area contributed by atoms with Crippen molar-refractivity contribution in [3.63, 3.8) is 0 Å². The van der Waals surface area contributed by atoms with Gasteiger partial charge in [0.25, 0.3) is 5.56 Å². The highest BCUT2D eigenvalue weighted by atomic mass is 16.1. The summed E-state index contributed by atoms with van der Waals surface area (Å²) in [5.74, 6) is 1.83. The van der Waals surface area contributed by atoms with E-state index in [1.165, 1.54) is 29.9 Å². The maximum atomic E-state index is 12.3. The molecule has 0 radical (unpaired) electrons. The summed E-state index contributed by atoms with van der Waals surface area (Å²) in [6.45, 7) is 5.05. The van der Waals surface area contributed by atoms with Crippen LogP contribution in [0.5, 0.6) is 0 Å². The first-order chi connectivity index (χ1) is 13.2. The number of hydrogen-bond donors (Lipinski definition) is 0. The molecule has 3 aliphatic rings. The van der Waals surface area contributed by atoms with Gasteiger partial charge in [0, 0.05) is 38.3 Å². The van der Waals surface area contributed by atoms with E-state index in [1.54, 1.807) is 4.68 Å². The molecule has 4 heterocycles. The van der Waals surface area contributed by atoms with Crippen LogP contribution in [-0.4, -0.2) is 37.3 Å². The van der Waals surface area contributed by atoms with E-state index in [9.17, 15) is 4.79 Å². The van der Waals surface area contributed by atoms with Crippen molar-refractivity contribution in [1.29, 1.82) is 0 Å². The maximum absolute atomic E-state index is 12.3. The molecule has 1 saturated heterocycles. The molecule has 2 aliphatic heterocycles. The van der Waals surface area contributed by atoms with Crippen LogP contribution in [0.1, 0.15) is 54.9 Å². The summed E-state index contributed by atoms with van der Waals surface area (Å²) >= 11 is 0. The zero-order valence-electron chi connectivity index (χ0n) is 16.1. The Kier molecular flexibility index (Phi) is 4.60. The third kappa shape index (κ3) is 3.59. The van der Waals surface area contributed by atoms with Crippen molar-refractivity contribution in [2.45, 2.75) is 71.0 Å². The summed E-state index contributed by atoms with van der Waals surface area (Å²) in [4.78, 5) is 19.7. The van der Waals surface area contributed by atoms with Gasteiger partial charge in [-0.2, -0.15) is 5.10 Å². The lowest BCUT2D eigenvalue weighted by Crippen LogP contribution is -2.36. The quantitative estimate of drug-likeness (QED) is 0.831. The Morgan fingerprint density at radius 1 is 1.04 bits per heavy atom. The van der Waals surface area contributed by atoms with E-state index in [2.05, 4.69) is 20.8 Å². The van der Waals surface area contributed by atoms with Gasteiger partial charge in [-0.1, -0.05) is 0 Å². The molecule has 1 fully saturated rings. The molecule has 6 heteroatoms. The van der Waals surface area contributed by atoms with Crippen molar-refractivity contribution in [2.75, 3.05) is 13.1 Å². The highest BCUT2D eigenvalue weighted by Crippen LogP contribution is 2.22. The molecular weight excluding hydrogens is 338 g/mol. The summed E-state index contributed by atoms with van der Waals surface area (Å²) in [7, 11) is 0. The third-order valence-corrected chi connectivity index (χ3v) is 6.51. The van der Waals surface area contributed by atoms with Gasteiger partial charge in [0.2, 0.25) is 0 Å². The maximum Gasteiger partial charge on any atom is 0.267 e. The average molecular weight is 367 g/mol. The van der Waals surface area contributed by atoms with Gasteiger partial charge >= 0.3 is 0 Å². The smallest absolute Gasteiger partial charge is 0.267 e. The van der Waals surface area contributed by atoms with Crippen LogP contribution in [0.25, 0.3) is 0 Å². The van der Waals surface area contributed by atoms with Gasteiger partial charge < -0.3 is 4.57 Å². The molecule has 0 N–H and O–H groups in total. The van der Waals surface area contributed by atoms with Crippen molar-refractivity contribution in [1.82, 2.24) is 24.2 Å². The van der Waals surface area contributed by atoms with Crippen LogP contribution in [0, 0.1) is 5.92 Å². The molecule has 0 unspecified atom stereocenters. The van der Waals surface area contributed by atoms with Crippen molar-refractivity contribution >= 4 is 0 Å². The van der Waals surface area contributed by atoms with Crippen molar-refractivity contribution in [3.8, 4) is 0 Å². The molecule has 0 aromatic carbocycles. The van der Waals surface area contributed by atoms with Gasteiger partial charge in [0.15, 0.2) is 0 Å². The van der Waals surface area contributed by atoms with Crippen molar-refractivity contribution in [2.24, 2.45) is 5.92 Å². The molecule has 0 saturated carbocycles. The molecule has 144 valence electrons. The molecule has 0 amide bonds. The van der Waals surface area contributed by atoms with Crippen LogP contribution >= 0.6 is 0 Å². The highest BCUT2D eigenvalue weighted by Gasteiger charge is 2.23. The molecule has 2 aromatic heterocycles. The van der Waals surface area contributed by atoms with Gasteiger partial charge in [-0.15, -0.1) is 0 Å². The number of fused-ring (bicyclic) bond motifs is 2. The predicted molar refractivity (Wildman–Crippen MR) is 104 cm³/mol. The van der Waals surface area contributed by atoms with Crippen LogP contribution in [0.3, 0.4) is 0 Å². The Balaban J connectivity index is 1.17. The lowest BCUT2D eigenvalue weighted by molar-refractivity contribution is 0.162. The number of piperidine rings is 1. The first-order valence-corrected chi connectivity index (χ1v) is 10.6. The van der Waals surface area contributed by atoms with E-state index in [0.29, 0.717) is 5.92 Å². The second-order valence-corrected chi connectivity index (χ2v) is 8.51.